The number of amides is 1. The second-order valence-corrected chi connectivity index (χ2v) is 6.24. The Hall–Kier alpha value is -1.98. The van der Waals surface area contributed by atoms with Gasteiger partial charge in [0.1, 0.15) is 5.75 Å². The number of likely N-dealkylation sites (tertiary alicyclic amines) is 1. The average Bonchev–Trinajstić information content (AvgIpc) is 3.03. The van der Waals surface area contributed by atoms with Crippen molar-refractivity contribution in [3.8, 4) is 11.7 Å². The molecule has 24 heavy (non-hydrogen) atoms. The van der Waals surface area contributed by atoms with Gasteiger partial charge in [0.2, 0.25) is 0 Å². The summed E-state index contributed by atoms with van der Waals surface area (Å²) in [6.45, 7) is 1.51. The van der Waals surface area contributed by atoms with Crippen molar-refractivity contribution in [2.45, 2.75) is 31.3 Å². The van der Waals surface area contributed by atoms with Gasteiger partial charge in [-0.1, -0.05) is 24.6 Å². The fraction of sp³-hybridized carbons (Fsp3) is 0.389. The van der Waals surface area contributed by atoms with E-state index in [1.807, 2.05) is 35.2 Å². The summed E-state index contributed by atoms with van der Waals surface area (Å²) in [6, 6.07) is 13.6. The highest BCUT2D eigenvalue weighted by atomic mass is 35.5. The van der Waals surface area contributed by atoms with Crippen molar-refractivity contribution in [1.29, 1.82) is 0 Å². The maximum absolute atomic E-state index is 12.6. The molecule has 6 heteroatoms. The number of hydrogen-bond donors (Lipinski definition) is 1. The topological polar surface area (TPSA) is 54.7 Å². The van der Waals surface area contributed by atoms with E-state index in [0.29, 0.717) is 29.5 Å². The van der Waals surface area contributed by atoms with Gasteiger partial charge in [-0.05, 0) is 31.0 Å². The Labute approximate surface area is 147 Å². The molecular weight excluding hydrogens is 328 g/mol. The smallest absolute Gasteiger partial charge is 0.290 e. The van der Waals surface area contributed by atoms with Gasteiger partial charge in [-0.2, -0.15) is 0 Å². The summed E-state index contributed by atoms with van der Waals surface area (Å²) in [7, 11) is 0. The lowest BCUT2D eigenvalue weighted by Gasteiger charge is -2.42. The van der Waals surface area contributed by atoms with Crippen LogP contribution in [0.4, 0.5) is 0 Å². The molecule has 4 rings (SSSR count). The van der Waals surface area contributed by atoms with Gasteiger partial charge < -0.3 is 19.4 Å². The maximum atomic E-state index is 12.6. The lowest BCUT2D eigenvalue weighted by molar-refractivity contribution is 0.0573. The third kappa shape index (κ3) is 3.57. The first-order valence-corrected chi connectivity index (χ1v) is 8.16. The van der Waals surface area contributed by atoms with Crippen LogP contribution in [0.3, 0.4) is 0 Å². The zero-order valence-electron chi connectivity index (χ0n) is 13.3. The lowest BCUT2D eigenvalue weighted by atomic mass is 9.94. The largest absolute Gasteiger partial charge is 0.426 e. The van der Waals surface area contributed by atoms with Crippen LogP contribution in [0.2, 0.25) is 0 Å². The Bertz CT molecular complexity index is 677. The van der Waals surface area contributed by atoms with Gasteiger partial charge in [0.15, 0.2) is 5.76 Å². The number of halogens is 1. The molecule has 0 spiro atoms. The van der Waals surface area contributed by atoms with Crippen LogP contribution in [-0.2, 0) is 0 Å². The first-order chi connectivity index (χ1) is 11.3. The minimum absolute atomic E-state index is 0. The van der Waals surface area contributed by atoms with Gasteiger partial charge in [-0.3, -0.25) is 4.79 Å². The molecule has 2 aliphatic heterocycles. The Morgan fingerprint density at radius 1 is 1.08 bits per heavy atom. The van der Waals surface area contributed by atoms with E-state index in [-0.39, 0.29) is 18.3 Å². The number of fused-ring (bicyclic) bond motifs is 2. The molecule has 1 aromatic carbocycles. The SMILES string of the molecule is Cl.O=C(c1ccc(Oc2ccccc2)o1)N1CC2CCCC(C1)N2. The number of nitrogens with one attached hydrogen (secondary N) is 1. The van der Waals surface area contributed by atoms with E-state index in [9.17, 15) is 4.79 Å². The monoisotopic (exact) mass is 348 g/mol. The number of ether oxygens (including phenoxy) is 1. The number of carbonyl (C=O) groups is 1. The molecule has 128 valence electrons. The molecule has 1 N–H and O–H groups in total. The standard InChI is InChI=1S/C18H20N2O3.ClH/c21-18(20-11-13-5-4-6-14(12-20)19-13)16-9-10-17(23-16)22-15-7-2-1-3-8-15;/h1-3,7-10,13-14,19H,4-6,11-12H2;1H. The lowest BCUT2D eigenvalue weighted by Crippen LogP contribution is -2.59. The molecule has 3 heterocycles. The summed E-state index contributed by atoms with van der Waals surface area (Å²) in [4.78, 5) is 14.5. The zero-order valence-corrected chi connectivity index (χ0v) is 14.1. The molecule has 1 aromatic heterocycles. The van der Waals surface area contributed by atoms with E-state index in [4.69, 9.17) is 9.15 Å². The summed E-state index contributed by atoms with van der Waals surface area (Å²) in [5, 5.41) is 3.58. The number of carbonyl (C=O) groups excluding carboxylic acids is 1. The molecule has 0 radical (unpaired) electrons. The zero-order chi connectivity index (χ0) is 15.6. The third-order valence-electron chi connectivity index (χ3n) is 4.50. The molecule has 1 amide bonds. The van der Waals surface area contributed by atoms with Crippen molar-refractivity contribution in [2.24, 2.45) is 0 Å². The first-order valence-electron chi connectivity index (χ1n) is 8.16. The normalized spacial score (nSPS) is 22.6. The van der Waals surface area contributed by atoms with Crippen LogP contribution in [-0.4, -0.2) is 36.0 Å². The molecule has 2 bridgehead atoms. The first kappa shape index (κ1) is 16.9. The van der Waals surface area contributed by atoms with Crippen molar-refractivity contribution in [2.75, 3.05) is 13.1 Å². The Balaban J connectivity index is 0.00000169. The number of furan rings is 1. The summed E-state index contributed by atoms with van der Waals surface area (Å²) in [5.74, 6) is 1.33. The van der Waals surface area contributed by atoms with E-state index in [0.717, 1.165) is 25.9 Å². The van der Waals surface area contributed by atoms with Crippen LogP contribution in [0, 0.1) is 0 Å². The van der Waals surface area contributed by atoms with Gasteiger partial charge >= 0.3 is 0 Å². The molecule has 2 aromatic rings. The average molecular weight is 349 g/mol. The number of nitrogens with zero attached hydrogens (tertiary/aromatic N) is 1. The minimum Gasteiger partial charge on any atom is -0.426 e. The summed E-state index contributed by atoms with van der Waals surface area (Å²) in [5.41, 5.74) is 0. The van der Waals surface area contributed by atoms with Crippen LogP contribution in [0.5, 0.6) is 11.7 Å². The molecule has 5 nitrogen and oxygen atoms in total. The van der Waals surface area contributed by atoms with Crippen molar-refractivity contribution in [1.82, 2.24) is 10.2 Å². The predicted molar refractivity (Wildman–Crippen MR) is 92.9 cm³/mol. The third-order valence-corrected chi connectivity index (χ3v) is 4.50. The molecule has 0 aliphatic carbocycles. The Morgan fingerprint density at radius 3 is 2.50 bits per heavy atom. The molecule has 2 saturated heterocycles. The number of benzene rings is 1. The molecule has 0 saturated carbocycles. The quantitative estimate of drug-likeness (QED) is 0.923. The highest BCUT2D eigenvalue weighted by molar-refractivity contribution is 5.91. The number of para-hydroxylation sites is 1. The molecule has 2 fully saturated rings. The predicted octanol–water partition coefficient (Wildman–Crippen LogP) is 3.46. The van der Waals surface area contributed by atoms with Gasteiger partial charge in [0.25, 0.3) is 11.9 Å². The van der Waals surface area contributed by atoms with E-state index in [1.54, 1.807) is 12.1 Å². The Morgan fingerprint density at radius 2 is 1.79 bits per heavy atom. The molecule has 2 aliphatic rings. The van der Waals surface area contributed by atoms with Crippen molar-refractivity contribution >= 4 is 18.3 Å². The second kappa shape index (κ2) is 7.28. The van der Waals surface area contributed by atoms with Crippen molar-refractivity contribution < 1.29 is 13.9 Å². The van der Waals surface area contributed by atoms with E-state index >= 15 is 0 Å². The summed E-state index contributed by atoms with van der Waals surface area (Å²) in [6.07, 6.45) is 3.53. The van der Waals surface area contributed by atoms with Gasteiger partial charge in [-0.15, -0.1) is 12.4 Å². The fourth-order valence-electron chi connectivity index (χ4n) is 3.42. The highest BCUT2D eigenvalue weighted by Crippen LogP contribution is 2.26. The van der Waals surface area contributed by atoms with Gasteiger partial charge in [0, 0.05) is 31.2 Å². The van der Waals surface area contributed by atoms with Crippen LogP contribution >= 0.6 is 12.4 Å². The molecule has 2 atom stereocenters. The van der Waals surface area contributed by atoms with Crippen LogP contribution in [0.1, 0.15) is 29.8 Å². The van der Waals surface area contributed by atoms with Gasteiger partial charge in [-0.25, -0.2) is 0 Å². The van der Waals surface area contributed by atoms with E-state index in [2.05, 4.69) is 5.32 Å². The van der Waals surface area contributed by atoms with Gasteiger partial charge in [0.05, 0.1) is 0 Å². The minimum atomic E-state index is -0.0497. The van der Waals surface area contributed by atoms with Crippen LogP contribution in [0.25, 0.3) is 0 Å². The number of rotatable bonds is 3. The van der Waals surface area contributed by atoms with Crippen LogP contribution in [0.15, 0.2) is 46.9 Å². The van der Waals surface area contributed by atoms with Crippen molar-refractivity contribution in [3.63, 3.8) is 0 Å². The molecular formula is C18H21ClN2O3. The number of piperidine rings is 1. The molecule has 2 unspecified atom stereocenters. The highest BCUT2D eigenvalue weighted by Gasteiger charge is 2.33. The maximum Gasteiger partial charge on any atom is 0.290 e. The number of piperazine rings is 1. The Kier molecular flexibility index (Phi) is 5.11. The second-order valence-electron chi connectivity index (χ2n) is 6.24. The summed E-state index contributed by atoms with van der Waals surface area (Å²) < 4.78 is 11.2. The van der Waals surface area contributed by atoms with Crippen molar-refractivity contribution in [3.05, 3.63) is 48.2 Å². The van der Waals surface area contributed by atoms with E-state index in [1.165, 1.54) is 6.42 Å². The summed E-state index contributed by atoms with van der Waals surface area (Å²) >= 11 is 0. The number of hydrogen-bond acceptors (Lipinski definition) is 4. The van der Waals surface area contributed by atoms with E-state index < -0.39 is 0 Å². The van der Waals surface area contributed by atoms with Crippen LogP contribution < -0.4 is 10.1 Å². The fourth-order valence-corrected chi connectivity index (χ4v) is 3.42.